The van der Waals surface area contributed by atoms with Crippen molar-refractivity contribution < 1.29 is 18.7 Å². The molecule has 2 N–H and O–H groups in total. The van der Waals surface area contributed by atoms with Gasteiger partial charge >= 0.3 is 5.97 Å². The molecule has 1 atom stereocenters. The van der Waals surface area contributed by atoms with Gasteiger partial charge in [0, 0.05) is 0 Å². The van der Waals surface area contributed by atoms with Gasteiger partial charge in [-0.15, -0.1) is 0 Å². The molecule has 0 rings (SSSR count). The van der Waals surface area contributed by atoms with Crippen LogP contribution in [0.3, 0.4) is 0 Å². The Hall–Kier alpha value is -0.360. The molecule has 66 valence electrons. The molecule has 0 fully saturated rings. The van der Waals surface area contributed by atoms with E-state index in [4.69, 9.17) is 5.11 Å². The van der Waals surface area contributed by atoms with Gasteiger partial charge in [0.25, 0.3) is 6.55 Å². The molecule has 0 spiro atoms. The van der Waals surface area contributed by atoms with Crippen LogP contribution in [0.1, 0.15) is 6.42 Å². The molecule has 1 unspecified atom stereocenters. The molecular weight excluding hydrogens is 176 g/mol. The Balaban J connectivity index is 3.79. The summed E-state index contributed by atoms with van der Waals surface area (Å²) in [5, 5.41) is 9.92. The summed E-state index contributed by atoms with van der Waals surface area (Å²) in [6.07, 6.45) is 0.0861. The number of alkyl halides is 2. The van der Waals surface area contributed by atoms with E-state index < -0.39 is 18.6 Å². The van der Waals surface area contributed by atoms with Crippen LogP contribution >= 0.6 is 12.6 Å². The lowest BCUT2D eigenvalue weighted by Gasteiger charge is -2.11. The molecular formula is C5H9F2NO2S. The Morgan fingerprint density at radius 3 is 2.45 bits per heavy atom. The third-order valence-corrected chi connectivity index (χ3v) is 1.30. The summed E-state index contributed by atoms with van der Waals surface area (Å²) in [6.45, 7) is -2.80. The first-order chi connectivity index (χ1) is 5.07. The van der Waals surface area contributed by atoms with Crippen molar-refractivity contribution in [1.29, 1.82) is 0 Å². The van der Waals surface area contributed by atoms with Gasteiger partial charge in [0.1, 0.15) is 6.04 Å². The van der Waals surface area contributed by atoms with Crippen LogP contribution in [0.4, 0.5) is 8.78 Å². The average molecular weight is 185 g/mol. The summed E-state index contributed by atoms with van der Waals surface area (Å²) in [6, 6.07) is -1.20. The largest absolute Gasteiger partial charge is 0.480 e. The van der Waals surface area contributed by atoms with Crippen molar-refractivity contribution in [2.45, 2.75) is 19.0 Å². The molecule has 3 nitrogen and oxygen atoms in total. The third kappa shape index (κ3) is 4.97. The average Bonchev–Trinajstić information content (AvgIpc) is 1.86. The number of nitrogens with one attached hydrogen (secondary N) is 1. The molecule has 0 amide bonds. The van der Waals surface area contributed by atoms with Crippen LogP contribution in [0.2, 0.25) is 0 Å². The van der Waals surface area contributed by atoms with Crippen molar-refractivity contribution in [2.75, 3.05) is 5.75 Å². The zero-order valence-electron chi connectivity index (χ0n) is 5.63. The lowest BCUT2D eigenvalue weighted by atomic mass is 10.2. The normalized spacial score (nSPS) is 13.5. The molecule has 0 aromatic carbocycles. The molecule has 0 aromatic rings. The fraction of sp³-hybridized carbons (Fsp3) is 0.800. The van der Waals surface area contributed by atoms with Gasteiger partial charge < -0.3 is 5.11 Å². The van der Waals surface area contributed by atoms with Crippen molar-refractivity contribution in [2.24, 2.45) is 0 Å². The minimum atomic E-state index is -2.80. The minimum Gasteiger partial charge on any atom is -0.480 e. The van der Waals surface area contributed by atoms with E-state index in [1.165, 1.54) is 0 Å². The zero-order chi connectivity index (χ0) is 8.85. The molecule has 0 heterocycles. The topological polar surface area (TPSA) is 49.3 Å². The van der Waals surface area contributed by atoms with Crippen LogP contribution in [0.15, 0.2) is 0 Å². The number of thiol groups is 1. The summed E-state index contributed by atoms with van der Waals surface area (Å²) in [4.78, 5) is 10.2. The van der Waals surface area contributed by atoms with Gasteiger partial charge in [0.2, 0.25) is 0 Å². The van der Waals surface area contributed by atoms with E-state index in [-0.39, 0.29) is 12.2 Å². The molecule has 0 aliphatic heterocycles. The van der Waals surface area contributed by atoms with E-state index in [9.17, 15) is 13.6 Å². The van der Waals surface area contributed by atoms with Crippen LogP contribution in [0.5, 0.6) is 0 Å². The SMILES string of the molecule is O=C(O)C(CCS)NC(F)F. The number of carbonyl (C=O) groups is 1. The van der Waals surface area contributed by atoms with Gasteiger partial charge in [-0.05, 0) is 12.2 Å². The van der Waals surface area contributed by atoms with Crippen molar-refractivity contribution in [3.63, 3.8) is 0 Å². The van der Waals surface area contributed by atoms with Gasteiger partial charge in [-0.25, -0.2) is 5.32 Å². The highest BCUT2D eigenvalue weighted by Crippen LogP contribution is 1.98. The van der Waals surface area contributed by atoms with Gasteiger partial charge in [-0.1, -0.05) is 0 Å². The Morgan fingerprint density at radius 1 is 1.64 bits per heavy atom. The molecule has 0 aliphatic rings. The van der Waals surface area contributed by atoms with Gasteiger partial charge in [0.15, 0.2) is 0 Å². The van der Waals surface area contributed by atoms with Crippen LogP contribution in [-0.4, -0.2) is 29.4 Å². The van der Waals surface area contributed by atoms with Gasteiger partial charge in [0.05, 0.1) is 0 Å². The quantitative estimate of drug-likeness (QED) is 0.433. The molecule has 0 aliphatic carbocycles. The summed E-state index contributed by atoms with van der Waals surface area (Å²) < 4.78 is 23.1. The second-order valence-corrected chi connectivity index (χ2v) is 2.32. The van der Waals surface area contributed by atoms with Crippen molar-refractivity contribution >= 4 is 18.6 Å². The van der Waals surface area contributed by atoms with Gasteiger partial charge in [-0.3, -0.25) is 4.79 Å². The lowest BCUT2D eigenvalue weighted by molar-refractivity contribution is -0.141. The highest BCUT2D eigenvalue weighted by atomic mass is 32.1. The number of aliphatic carboxylic acids is 1. The van der Waals surface area contributed by atoms with E-state index in [1.807, 2.05) is 0 Å². The Kier molecular flexibility index (Phi) is 5.14. The fourth-order valence-corrected chi connectivity index (χ4v) is 0.817. The number of halogens is 2. The number of hydrogen-bond acceptors (Lipinski definition) is 3. The number of carboxylic acid groups (broad SMARTS) is 1. The molecule has 11 heavy (non-hydrogen) atoms. The van der Waals surface area contributed by atoms with E-state index in [0.29, 0.717) is 0 Å². The predicted molar refractivity (Wildman–Crippen MR) is 39.0 cm³/mol. The molecule has 0 radical (unpaired) electrons. The Labute approximate surface area is 68.2 Å². The van der Waals surface area contributed by atoms with Crippen LogP contribution < -0.4 is 5.32 Å². The summed E-state index contributed by atoms with van der Waals surface area (Å²) in [7, 11) is 0. The first-order valence-electron chi connectivity index (χ1n) is 2.95. The number of rotatable bonds is 5. The van der Waals surface area contributed by atoms with E-state index in [1.54, 1.807) is 5.32 Å². The zero-order valence-corrected chi connectivity index (χ0v) is 6.52. The Bertz CT molecular complexity index is 134. The highest BCUT2D eigenvalue weighted by Gasteiger charge is 2.19. The first-order valence-corrected chi connectivity index (χ1v) is 3.59. The standard InChI is InChI=1S/C5H9F2NO2S/c6-5(7)8-3(1-2-11)4(9)10/h3,5,8,11H,1-2H2,(H,9,10). The predicted octanol–water partition coefficient (Wildman–Crippen LogP) is 0.572. The smallest absolute Gasteiger partial charge is 0.320 e. The Morgan fingerprint density at radius 2 is 2.18 bits per heavy atom. The monoisotopic (exact) mass is 185 g/mol. The van der Waals surface area contributed by atoms with Crippen LogP contribution in [0.25, 0.3) is 0 Å². The number of carboxylic acids is 1. The molecule has 6 heteroatoms. The van der Waals surface area contributed by atoms with E-state index >= 15 is 0 Å². The lowest BCUT2D eigenvalue weighted by Crippen LogP contribution is -2.40. The van der Waals surface area contributed by atoms with Crippen molar-refractivity contribution in [1.82, 2.24) is 5.32 Å². The molecule has 0 saturated carbocycles. The fourth-order valence-electron chi connectivity index (χ4n) is 0.559. The number of hydrogen-bond donors (Lipinski definition) is 3. The summed E-state index contributed by atoms with van der Waals surface area (Å²) in [5.41, 5.74) is 0. The van der Waals surface area contributed by atoms with Crippen LogP contribution in [0, 0.1) is 0 Å². The minimum absolute atomic E-state index is 0.0861. The molecule has 0 aromatic heterocycles. The molecule has 0 bridgehead atoms. The van der Waals surface area contributed by atoms with Gasteiger partial charge in [-0.2, -0.15) is 21.4 Å². The summed E-state index contributed by atoms with van der Waals surface area (Å²) in [5.74, 6) is -1.02. The highest BCUT2D eigenvalue weighted by molar-refractivity contribution is 7.80. The van der Waals surface area contributed by atoms with E-state index in [2.05, 4.69) is 12.6 Å². The van der Waals surface area contributed by atoms with Crippen molar-refractivity contribution in [3.8, 4) is 0 Å². The maximum atomic E-state index is 11.6. The maximum absolute atomic E-state index is 11.6. The molecule has 0 saturated heterocycles. The van der Waals surface area contributed by atoms with Crippen molar-refractivity contribution in [3.05, 3.63) is 0 Å². The van der Waals surface area contributed by atoms with E-state index in [0.717, 1.165) is 0 Å². The summed E-state index contributed by atoms with van der Waals surface area (Å²) >= 11 is 3.73. The van der Waals surface area contributed by atoms with Crippen LogP contribution in [-0.2, 0) is 4.79 Å². The third-order valence-electron chi connectivity index (χ3n) is 1.04. The first kappa shape index (κ1) is 10.6. The second kappa shape index (κ2) is 5.31. The second-order valence-electron chi connectivity index (χ2n) is 1.87. The maximum Gasteiger partial charge on any atom is 0.320 e.